The third kappa shape index (κ3) is 4.33. The smallest absolute Gasteiger partial charge is 0.393 e. The van der Waals surface area contributed by atoms with E-state index in [9.17, 15) is 18.0 Å². The molecule has 0 amide bonds. The molecule has 0 radical (unpaired) electrons. The molecule has 112 valence electrons. The molecule has 1 aromatic rings. The molecule has 0 saturated carbocycles. The molecular formula is C13H17F3N2OS. The number of hydrogen-bond acceptors (Lipinski definition) is 2. The Labute approximate surface area is 120 Å². The minimum Gasteiger partial charge on any atom is -0.393 e. The average molecular weight is 306 g/mol. The summed E-state index contributed by atoms with van der Waals surface area (Å²) >= 11 is 4.92. The zero-order valence-electron chi connectivity index (χ0n) is 11.3. The van der Waals surface area contributed by atoms with Gasteiger partial charge in [0, 0.05) is 24.2 Å². The van der Waals surface area contributed by atoms with Crippen LogP contribution in [0.4, 0.5) is 13.2 Å². The van der Waals surface area contributed by atoms with Crippen molar-refractivity contribution in [3.8, 4) is 0 Å². The van der Waals surface area contributed by atoms with Crippen LogP contribution in [0.5, 0.6) is 0 Å². The molecule has 3 nitrogen and oxygen atoms in total. The van der Waals surface area contributed by atoms with Gasteiger partial charge >= 0.3 is 6.18 Å². The summed E-state index contributed by atoms with van der Waals surface area (Å²) in [6.07, 6.45) is -2.49. The summed E-state index contributed by atoms with van der Waals surface area (Å²) in [5.41, 5.74) is 3.92. The van der Waals surface area contributed by atoms with Gasteiger partial charge in [-0.2, -0.15) is 13.2 Å². The Bertz CT molecular complexity index is 549. The molecule has 0 atom stereocenters. The van der Waals surface area contributed by atoms with E-state index in [4.69, 9.17) is 18.0 Å². The number of hydrogen-bond donors (Lipinski definition) is 1. The fourth-order valence-corrected chi connectivity index (χ4v) is 1.79. The molecule has 0 unspecified atom stereocenters. The van der Waals surface area contributed by atoms with Crippen molar-refractivity contribution in [1.29, 1.82) is 0 Å². The molecule has 0 fully saturated rings. The lowest BCUT2D eigenvalue weighted by Crippen LogP contribution is -2.30. The minimum atomic E-state index is -4.45. The first-order valence-electron chi connectivity index (χ1n) is 6.11. The van der Waals surface area contributed by atoms with Crippen LogP contribution < -0.4 is 11.3 Å². The number of nitrogens with two attached hydrogens (primary N) is 1. The second kappa shape index (κ2) is 5.95. The fourth-order valence-electron chi connectivity index (χ4n) is 1.69. The van der Waals surface area contributed by atoms with Crippen molar-refractivity contribution in [1.82, 2.24) is 4.57 Å². The van der Waals surface area contributed by atoms with E-state index in [1.54, 1.807) is 0 Å². The van der Waals surface area contributed by atoms with Crippen molar-refractivity contribution in [2.75, 3.05) is 0 Å². The molecule has 0 aliphatic carbocycles. The summed E-state index contributed by atoms with van der Waals surface area (Å²) in [6.45, 7) is 3.93. The lowest BCUT2D eigenvalue weighted by atomic mass is 9.88. The molecule has 0 saturated heterocycles. The van der Waals surface area contributed by atoms with Gasteiger partial charge in [-0.1, -0.05) is 26.1 Å². The second-order valence-corrected chi connectivity index (χ2v) is 5.74. The van der Waals surface area contributed by atoms with Crippen molar-refractivity contribution in [3.05, 3.63) is 34.2 Å². The van der Waals surface area contributed by atoms with Crippen LogP contribution in [0.2, 0.25) is 0 Å². The number of alkyl halides is 3. The SMILES string of the molecule is CC(C)(CCCn1cc(C(F)(F)F)ccc1=O)C(N)=S. The van der Waals surface area contributed by atoms with Gasteiger partial charge in [-0.05, 0) is 18.9 Å². The highest BCUT2D eigenvalue weighted by Gasteiger charge is 2.31. The number of nitrogens with zero attached hydrogens (tertiary/aromatic N) is 1. The highest BCUT2D eigenvalue weighted by atomic mass is 32.1. The lowest BCUT2D eigenvalue weighted by Gasteiger charge is -2.23. The van der Waals surface area contributed by atoms with E-state index in [1.165, 1.54) is 0 Å². The summed E-state index contributed by atoms with van der Waals surface area (Å²) in [5.74, 6) is 0. The summed E-state index contributed by atoms with van der Waals surface area (Å²) < 4.78 is 38.8. The highest BCUT2D eigenvalue weighted by Crippen LogP contribution is 2.28. The number of aryl methyl sites for hydroxylation is 1. The van der Waals surface area contributed by atoms with Crippen molar-refractivity contribution in [3.63, 3.8) is 0 Å². The molecule has 20 heavy (non-hydrogen) atoms. The number of thiocarbonyl (C=S) groups is 1. The Balaban J connectivity index is 2.79. The van der Waals surface area contributed by atoms with Gasteiger partial charge in [-0.15, -0.1) is 0 Å². The van der Waals surface area contributed by atoms with Crippen LogP contribution in [-0.2, 0) is 12.7 Å². The predicted molar refractivity (Wildman–Crippen MR) is 75.5 cm³/mol. The molecule has 1 heterocycles. The van der Waals surface area contributed by atoms with Crippen molar-refractivity contribution >= 4 is 17.2 Å². The molecular weight excluding hydrogens is 289 g/mol. The first-order valence-corrected chi connectivity index (χ1v) is 6.52. The monoisotopic (exact) mass is 306 g/mol. The van der Waals surface area contributed by atoms with E-state index in [0.717, 1.165) is 22.9 Å². The van der Waals surface area contributed by atoms with Gasteiger partial charge in [0.15, 0.2) is 0 Å². The Hall–Kier alpha value is -1.37. The van der Waals surface area contributed by atoms with Crippen LogP contribution in [0.3, 0.4) is 0 Å². The normalized spacial score (nSPS) is 12.4. The predicted octanol–water partition coefficient (Wildman–Crippen LogP) is 2.96. The number of aromatic nitrogens is 1. The van der Waals surface area contributed by atoms with Crippen LogP contribution >= 0.6 is 12.2 Å². The van der Waals surface area contributed by atoms with Crippen LogP contribution in [0, 0.1) is 5.41 Å². The first kappa shape index (κ1) is 16.7. The third-order valence-corrected chi connectivity index (χ3v) is 3.73. The average Bonchev–Trinajstić information content (AvgIpc) is 2.29. The zero-order chi connectivity index (χ0) is 15.6. The fraction of sp³-hybridized carbons (Fsp3) is 0.538. The molecule has 0 spiro atoms. The van der Waals surface area contributed by atoms with Gasteiger partial charge in [-0.3, -0.25) is 4.79 Å². The Morgan fingerprint density at radius 3 is 2.45 bits per heavy atom. The molecule has 1 rings (SSSR count). The van der Waals surface area contributed by atoms with Gasteiger partial charge in [-0.25, -0.2) is 0 Å². The Kier molecular flexibility index (Phi) is 4.96. The maximum absolute atomic E-state index is 12.6. The van der Waals surface area contributed by atoms with Gasteiger partial charge < -0.3 is 10.3 Å². The summed E-state index contributed by atoms with van der Waals surface area (Å²) in [4.78, 5) is 11.9. The van der Waals surface area contributed by atoms with Crippen LogP contribution in [0.15, 0.2) is 23.1 Å². The largest absolute Gasteiger partial charge is 0.417 e. The summed E-state index contributed by atoms with van der Waals surface area (Å²) in [6, 6.07) is 1.72. The molecule has 0 aliphatic rings. The van der Waals surface area contributed by atoms with Gasteiger partial charge in [0.05, 0.1) is 10.6 Å². The Morgan fingerprint density at radius 1 is 1.35 bits per heavy atom. The minimum absolute atomic E-state index is 0.203. The molecule has 1 aromatic heterocycles. The van der Waals surface area contributed by atoms with E-state index in [2.05, 4.69) is 0 Å². The van der Waals surface area contributed by atoms with Crippen LogP contribution in [0.25, 0.3) is 0 Å². The Morgan fingerprint density at radius 2 is 1.95 bits per heavy atom. The van der Waals surface area contributed by atoms with Crippen LogP contribution in [0.1, 0.15) is 32.3 Å². The molecule has 0 aromatic carbocycles. The highest BCUT2D eigenvalue weighted by molar-refractivity contribution is 7.80. The topological polar surface area (TPSA) is 48.0 Å². The van der Waals surface area contributed by atoms with E-state index in [0.29, 0.717) is 17.8 Å². The van der Waals surface area contributed by atoms with Gasteiger partial charge in [0.1, 0.15) is 0 Å². The maximum Gasteiger partial charge on any atom is 0.417 e. The van der Waals surface area contributed by atoms with Crippen molar-refractivity contribution in [2.24, 2.45) is 11.1 Å². The van der Waals surface area contributed by atoms with E-state index < -0.39 is 17.3 Å². The number of rotatable bonds is 5. The third-order valence-electron chi connectivity index (χ3n) is 3.18. The van der Waals surface area contributed by atoms with Crippen LogP contribution in [-0.4, -0.2) is 9.56 Å². The molecule has 0 aliphatic heterocycles. The van der Waals surface area contributed by atoms with Gasteiger partial charge in [0.25, 0.3) is 5.56 Å². The lowest BCUT2D eigenvalue weighted by molar-refractivity contribution is -0.138. The maximum atomic E-state index is 12.6. The molecule has 0 bridgehead atoms. The number of halogens is 3. The zero-order valence-corrected chi connectivity index (χ0v) is 12.1. The van der Waals surface area contributed by atoms with Crippen molar-refractivity contribution in [2.45, 2.75) is 39.4 Å². The van der Waals surface area contributed by atoms with Crippen molar-refractivity contribution < 1.29 is 13.2 Å². The summed E-state index contributed by atoms with van der Waals surface area (Å²) in [5, 5.41) is 0. The van der Waals surface area contributed by atoms with E-state index in [1.807, 2.05) is 13.8 Å². The van der Waals surface area contributed by atoms with Gasteiger partial charge in [0.2, 0.25) is 0 Å². The molecule has 2 N–H and O–H groups in total. The second-order valence-electron chi connectivity index (χ2n) is 5.30. The number of pyridine rings is 1. The van der Waals surface area contributed by atoms with E-state index >= 15 is 0 Å². The van der Waals surface area contributed by atoms with E-state index in [-0.39, 0.29) is 12.0 Å². The first-order chi connectivity index (χ1) is 9.04. The molecule has 7 heteroatoms. The summed E-state index contributed by atoms with van der Waals surface area (Å²) in [7, 11) is 0. The quantitative estimate of drug-likeness (QED) is 0.851. The standard InChI is InChI=1S/C13H17F3N2OS/c1-12(2,11(17)20)6-3-7-18-8-9(13(14,15)16)4-5-10(18)19/h4-5,8H,3,6-7H2,1-2H3,(H2,17,20).